The van der Waals surface area contributed by atoms with Crippen LogP contribution in [0, 0.1) is 18.3 Å². The molecule has 0 spiro atoms. The van der Waals surface area contributed by atoms with E-state index in [1.54, 1.807) is 18.5 Å². The highest BCUT2D eigenvalue weighted by atomic mass is 16.5. The Kier molecular flexibility index (Phi) is 8.71. The lowest BCUT2D eigenvalue weighted by Gasteiger charge is -2.26. The number of aliphatic hydroxyl groups is 2. The van der Waals surface area contributed by atoms with Crippen molar-refractivity contribution in [3.8, 4) is 28.7 Å². The first kappa shape index (κ1) is 28.9. The predicted octanol–water partition coefficient (Wildman–Crippen LogP) is 5.50. The quantitative estimate of drug-likeness (QED) is 0.258. The van der Waals surface area contributed by atoms with Gasteiger partial charge in [-0.3, -0.25) is 9.88 Å². The lowest BCUT2D eigenvalue weighted by molar-refractivity contribution is 0.148. The molecule has 7 nitrogen and oxygen atoms in total. The van der Waals surface area contributed by atoms with Crippen LogP contribution in [0.3, 0.4) is 0 Å². The van der Waals surface area contributed by atoms with Gasteiger partial charge < -0.3 is 19.7 Å². The van der Waals surface area contributed by atoms with Crippen molar-refractivity contribution in [2.75, 3.05) is 13.2 Å². The van der Waals surface area contributed by atoms with E-state index in [4.69, 9.17) is 9.47 Å². The Morgan fingerprint density at radius 3 is 2.60 bits per heavy atom. The van der Waals surface area contributed by atoms with Crippen molar-refractivity contribution in [2.45, 2.75) is 64.5 Å². The van der Waals surface area contributed by atoms with Crippen molar-refractivity contribution < 1.29 is 19.7 Å². The molecule has 1 fully saturated rings. The van der Waals surface area contributed by atoms with Crippen LogP contribution in [0.4, 0.5) is 0 Å². The molecule has 1 aliphatic heterocycles. The average Bonchev–Trinajstić information content (AvgIpc) is 3.67. The third-order valence-electron chi connectivity index (χ3n) is 8.75. The highest BCUT2D eigenvalue weighted by molar-refractivity contribution is 5.68. The van der Waals surface area contributed by atoms with Crippen LogP contribution >= 0.6 is 0 Å². The third kappa shape index (κ3) is 6.28. The van der Waals surface area contributed by atoms with Crippen molar-refractivity contribution in [1.29, 1.82) is 5.26 Å². The molecule has 0 saturated carbocycles. The molecule has 0 radical (unpaired) electrons. The van der Waals surface area contributed by atoms with E-state index >= 15 is 0 Å². The first-order valence-electron chi connectivity index (χ1n) is 15.0. The van der Waals surface area contributed by atoms with E-state index in [2.05, 4.69) is 65.3 Å². The van der Waals surface area contributed by atoms with E-state index in [9.17, 15) is 15.5 Å². The van der Waals surface area contributed by atoms with Crippen molar-refractivity contribution in [2.24, 2.45) is 0 Å². The van der Waals surface area contributed by atoms with Crippen LogP contribution in [0.2, 0.25) is 0 Å². The summed E-state index contributed by atoms with van der Waals surface area (Å²) in [5, 5.41) is 29.7. The second kappa shape index (κ2) is 13.0. The fourth-order valence-electron chi connectivity index (χ4n) is 6.48. The SMILES string of the molecule is Cc1c(COc2cc(OCc3cncc(C#N)c3)c(CN3C[C@H](O)C[C@H]3CO)c3c2CCC3)cccc1-c1ccccc1. The van der Waals surface area contributed by atoms with Crippen molar-refractivity contribution in [3.63, 3.8) is 0 Å². The Balaban J connectivity index is 1.32. The molecular weight excluding hydrogens is 538 g/mol. The van der Waals surface area contributed by atoms with Gasteiger partial charge in [0.25, 0.3) is 0 Å². The molecule has 0 amide bonds. The van der Waals surface area contributed by atoms with Gasteiger partial charge in [-0.1, -0.05) is 48.5 Å². The Morgan fingerprint density at radius 2 is 1.79 bits per heavy atom. The number of fused-ring (bicyclic) bond motifs is 1. The molecule has 3 aromatic carbocycles. The molecule has 43 heavy (non-hydrogen) atoms. The van der Waals surface area contributed by atoms with Crippen LogP contribution < -0.4 is 9.47 Å². The number of hydrogen-bond acceptors (Lipinski definition) is 7. The maximum Gasteiger partial charge on any atom is 0.128 e. The van der Waals surface area contributed by atoms with Crippen molar-refractivity contribution >= 4 is 0 Å². The number of nitrogens with zero attached hydrogens (tertiary/aromatic N) is 3. The fraction of sp³-hybridized carbons (Fsp3) is 0.333. The lowest BCUT2D eigenvalue weighted by atomic mass is 9.97. The molecule has 1 aromatic heterocycles. The summed E-state index contributed by atoms with van der Waals surface area (Å²) in [6.45, 7) is 3.95. The summed E-state index contributed by atoms with van der Waals surface area (Å²) in [5.74, 6) is 1.56. The van der Waals surface area contributed by atoms with Gasteiger partial charge in [0.15, 0.2) is 0 Å². The Labute approximate surface area is 253 Å². The zero-order valence-electron chi connectivity index (χ0n) is 24.5. The lowest BCUT2D eigenvalue weighted by Crippen LogP contribution is -2.32. The number of rotatable bonds is 10. The fourth-order valence-corrected chi connectivity index (χ4v) is 6.48. The maximum atomic E-state index is 10.3. The van der Waals surface area contributed by atoms with Gasteiger partial charge in [-0.05, 0) is 72.1 Å². The van der Waals surface area contributed by atoms with Crippen LogP contribution in [0.1, 0.15) is 51.8 Å². The van der Waals surface area contributed by atoms with Crippen LogP contribution in [0.15, 0.2) is 73.1 Å². The van der Waals surface area contributed by atoms with Crippen molar-refractivity contribution in [1.82, 2.24) is 9.88 Å². The van der Waals surface area contributed by atoms with Gasteiger partial charge >= 0.3 is 0 Å². The first-order valence-corrected chi connectivity index (χ1v) is 15.0. The molecule has 7 heteroatoms. The molecule has 0 bridgehead atoms. The largest absolute Gasteiger partial charge is 0.488 e. The summed E-state index contributed by atoms with van der Waals surface area (Å²) in [5.41, 5.74) is 9.56. The summed E-state index contributed by atoms with van der Waals surface area (Å²) < 4.78 is 13.1. The second-order valence-electron chi connectivity index (χ2n) is 11.5. The molecule has 0 unspecified atom stereocenters. The van der Waals surface area contributed by atoms with Gasteiger partial charge in [0.2, 0.25) is 0 Å². The smallest absolute Gasteiger partial charge is 0.128 e. The average molecular weight is 576 g/mol. The van der Waals surface area contributed by atoms with Crippen LogP contribution in [-0.4, -0.2) is 45.4 Å². The van der Waals surface area contributed by atoms with E-state index in [0.717, 1.165) is 47.5 Å². The monoisotopic (exact) mass is 575 g/mol. The van der Waals surface area contributed by atoms with Gasteiger partial charge in [0.05, 0.1) is 18.3 Å². The minimum Gasteiger partial charge on any atom is -0.488 e. The number of ether oxygens (including phenoxy) is 2. The molecule has 1 aliphatic carbocycles. The normalized spacial score (nSPS) is 17.9. The van der Waals surface area contributed by atoms with Gasteiger partial charge in [-0.15, -0.1) is 0 Å². The van der Waals surface area contributed by atoms with E-state index in [1.807, 2.05) is 12.1 Å². The molecule has 1 saturated heterocycles. The minimum absolute atomic E-state index is 0.00462. The summed E-state index contributed by atoms with van der Waals surface area (Å²) in [6.07, 6.45) is 6.25. The maximum absolute atomic E-state index is 10.3. The van der Waals surface area contributed by atoms with Crippen LogP contribution in [0.25, 0.3) is 11.1 Å². The van der Waals surface area contributed by atoms with Crippen LogP contribution in [-0.2, 0) is 32.6 Å². The number of β-amino-alcohol motifs (C(OH)–C–C–N with tert-alkyl or cyclic N) is 1. The first-order chi connectivity index (χ1) is 21.0. The number of aromatic nitrogens is 1. The molecule has 2 heterocycles. The summed E-state index contributed by atoms with van der Waals surface area (Å²) >= 11 is 0. The number of pyridine rings is 1. The summed E-state index contributed by atoms with van der Waals surface area (Å²) in [7, 11) is 0. The van der Waals surface area contributed by atoms with E-state index in [0.29, 0.717) is 31.7 Å². The van der Waals surface area contributed by atoms with Gasteiger partial charge in [-0.25, -0.2) is 0 Å². The molecule has 2 N–H and O–H groups in total. The molecule has 2 aliphatic rings. The van der Waals surface area contributed by atoms with Gasteiger partial charge in [0.1, 0.15) is 30.8 Å². The third-order valence-corrected chi connectivity index (χ3v) is 8.75. The standard InChI is InChI=1S/C36H37N3O4/c1-24-28(9-5-10-31(24)27-7-3-2-4-8-27)23-43-35-15-36(42-22-26-13-25(16-37)17-38-18-26)34(32-11-6-12-33(32)35)20-39-19-30(41)14-29(39)21-40/h2-5,7-10,13,15,17-18,29-30,40-41H,6,11-12,14,19-23H2,1H3/t29-,30+/m0/s1. The number of benzene rings is 3. The summed E-state index contributed by atoms with van der Waals surface area (Å²) in [6, 6.07) is 22.6. The highest BCUT2D eigenvalue weighted by Gasteiger charge is 2.33. The van der Waals surface area contributed by atoms with Gasteiger partial charge in [-0.2, -0.15) is 5.26 Å². The minimum atomic E-state index is -0.452. The predicted molar refractivity (Wildman–Crippen MR) is 165 cm³/mol. The summed E-state index contributed by atoms with van der Waals surface area (Å²) in [4.78, 5) is 6.34. The highest BCUT2D eigenvalue weighted by Crippen LogP contribution is 2.41. The Morgan fingerprint density at radius 1 is 0.977 bits per heavy atom. The molecule has 4 aromatic rings. The topological polar surface area (TPSA) is 98.8 Å². The molecule has 6 rings (SSSR count). The van der Waals surface area contributed by atoms with E-state index in [1.165, 1.54) is 27.8 Å². The number of hydrogen-bond donors (Lipinski definition) is 2. The zero-order chi connectivity index (χ0) is 29.8. The Hall–Kier alpha value is -4.22. The molecule has 2 atom stereocenters. The van der Waals surface area contributed by atoms with E-state index in [-0.39, 0.29) is 19.3 Å². The van der Waals surface area contributed by atoms with E-state index < -0.39 is 6.10 Å². The number of nitriles is 1. The number of aliphatic hydroxyl groups excluding tert-OH is 2. The Bertz CT molecular complexity index is 1630. The van der Waals surface area contributed by atoms with Gasteiger partial charge in [0, 0.05) is 48.7 Å². The van der Waals surface area contributed by atoms with Crippen LogP contribution in [0.5, 0.6) is 11.5 Å². The van der Waals surface area contributed by atoms with Crippen molar-refractivity contribution in [3.05, 3.63) is 112 Å². The molecular formula is C36H37N3O4. The second-order valence-corrected chi connectivity index (χ2v) is 11.5. The number of likely N-dealkylation sites (tertiary alicyclic amines) is 1. The zero-order valence-corrected chi connectivity index (χ0v) is 24.5. The molecule has 220 valence electrons.